The van der Waals surface area contributed by atoms with Crippen molar-refractivity contribution in [1.29, 1.82) is 0 Å². The summed E-state index contributed by atoms with van der Waals surface area (Å²) in [5.41, 5.74) is 0.345. The summed E-state index contributed by atoms with van der Waals surface area (Å²) in [6.07, 6.45) is 2.46. The maximum Gasteiger partial charge on any atom is 0.269 e. The number of nitro groups is 1. The van der Waals surface area contributed by atoms with Gasteiger partial charge in [-0.15, -0.1) is 0 Å². The highest BCUT2D eigenvalue weighted by Gasteiger charge is 2.64. The van der Waals surface area contributed by atoms with Crippen molar-refractivity contribution in [1.82, 2.24) is 4.90 Å². The predicted octanol–water partition coefficient (Wildman–Crippen LogP) is 3.70. The highest BCUT2D eigenvalue weighted by atomic mass is 16.6. The van der Waals surface area contributed by atoms with Crippen LogP contribution in [0.5, 0.6) is 0 Å². The van der Waals surface area contributed by atoms with Crippen molar-refractivity contribution in [3.63, 3.8) is 0 Å². The van der Waals surface area contributed by atoms with Crippen molar-refractivity contribution in [2.45, 2.75) is 46.1 Å². The van der Waals surface area contributed by atoms with E-state index in [0.717, 1.165) is 12.8 Å². The molecular weight excluding hydrogens is 344 g/mol. The zero-order valence-electron chi connectivity index (χ0n) is 16.1. The van der Waals surface area contributed by atoms with Gasteiger partial charge in [0.1, 0.15) is 5.78 Å². The van der Waals surface area contributed by atoms with Crippen LogP contribution in [0.2, 0.25) is 0 Å². The minimum atomic E-state index is -0.458. The lowest BCUT2D eigenvalue weighted by Crippen LogP contribution is -2.51. The van der Waals surface area contributed by atoms with Gasteiger partial charge in [0, 0.05) is 48.0 Å². The Morgan fingerprint density at radius 1 is 1.26 bits per heavy atom. The summed E-state index contributed by atoms with van der Waals surface area (Å²) < 4.78 is 0. The number of carbonyl (C=O) groups is 2. The van der Waals surface area contributed by atoms with Crippen LogP contribution in [0.25, 0.3) is 0 Å². The van der Waals surface area contributed by atoms with Gasteiger partial charge in [-0.1, -0.05) is 20.8 Å². The zero-order valence-corrected chi connectivity index (χ0v) is 16.1. The fourth-order valence-corrected chi connectivity index (χ4v) is 5.82. The van der Waals surface area contributed by atoms with Crippen LogP contribution in [0.4, 0.5) is 5.69 Å². The number of benzene rings is 1. The molecule has 6 nitrogen and oxygen atoms in total. The number of amides is 1. The van der Waals surface area contributed by atoms with Gasteiger partial charge in [-0.3, -0.25) is 19.7 Å². The molecule has 6 heteroatoms. The van der Waals surface area contributed by atoms with Crippen molar-refractivity contribution in [2.75, 3.05) is 6.54 Å². The second-order valence-electron chi connectivity index (χ2n) is 9.04. The quantitative estimate of drug-likeness (QED) is 0.600. The van der Waals surface area contributed by atoms with Gasteiger partial charge in [-0.05, 0) is 42.7 Å². The lowest BCUT2D eigenvalue weighted by Gasteiger charge is -2.47. The topological polar surface area (TPSA) is 80.5 Å². The molecule has 0 N–H and O–H groups in total. The molecule has 1 aromatic carbocycles. The summed E-state index contributed by atoms with van der Waals surface area (Å²) in [6.45, 7) is 7.21. The Hall–Kier alpha value is -2.24. The van der Waals surface area contributed by atoms with E-state index in [2.05, 4.69) is 20.8 Å². The molecule has 1 aliphatic heterocycles. The maximum absolute atomic E-state index is 13.2. The third-order valence-corrected chi connectivity index (χ3v) is 7.57. The number of rotatable bonds is 3. The van der Waals surface area contributed by atoms with Crippen molar-refractivity contribution in [3.05, 3.63) is 39.9 Å². The highest BCUT2D eigenvalue weighted by molar-refractivity contribution is 5.95. The predicted molar refractivity (Wildman–Crippen MR) is 100 cm³/mol. The van der Waals surface area contributed by atoms with Crippen LogP contribution in [0.15, 0.2) is 24.3 Å². The van der Waals surface area contributed by atoms with E-state index in [1.54, 1.807) is 12.1 Å². The molecule has 1 saturated heterocycles. The number of Topliss-reactive ketones (excluding diaryl/α,β-unsaturated/α-hetero) is 1. The van der Waals surface area contributed by atoms with Crippen molar-refractivity contribution in [2.24, 2.45) is 29.1 Å². The number of carbonyl (C=O) groups excluding carboxylic acids is 2. The lowest BCUT2D eigenvalue weighted by atomic mass is 9.60. The Morgan fingerprint density at radius 2 is 1.93 bits per heavy atom. The number of ketones is 1. The van der Waals surface area contributed by atoms with Gasteiger partial charge in [0.2, 0.25) is 0 Å². The van der Waals surface area contributed by atoms with Crippen molar-refractivity contribution in [3.8, 4) is 0 Å². The molecule has 0 bridgehead atoms. The molecule has 144 valence electrons. The van der Waals surface area contributed by atoms with E-state index in [4.69, 9.17) is 0 Å². The lowest BCUT2D eigenvalue weighted by molar-refractivity contribution is -0.384. The molecule has 2 saturated carbocycles. The van der Waals surface area contributed by atoms with E-state index in [1.165, 1.54) is 12.1 Å². The van der Waals surface area contributed by atoms with Gasteiger partial charge in [0.15, 0.2) is 0 Å². The molecule has 0 aromatic heterocycles. The highest BCUT2D eigenvalue weighted by Crippen LogP contribution is 2.61. The second kappa shape index (κ2) is 6.14. The molecule has 3 aliphatic rings. The first kappa shape index (κ1) is 18.1. The number of hydrogen-bond acceptors (Lipinski definition) is 4. The molecule has 1 amide bonds. The molecule has 5 atom stereocenters. The summed E-state index contributed by atoms with van der Waals surface area (Å²) in [6, 6.07) is 5.93. The van der Waals surface area contributed by atoms with E-state index in [0.29, 0.717) is 36.1 Å². The fourth-order valence-electron chi connectivity index (χ4n) is 5.82. The van der Waals surface area contributed by atoms with E-state index in [-0.39, 0.29) is 34.9 Å². The molecule has 1 aromatic rings. The molecule has 0 radical (unpaired) electrons. The van der Waals surface area contributed by atoms with Crippen molar-refractivity contribution >= 4 is 17.4 Å². The molecule has 0 unspecified atom stereocenters. The normalized spacial score (nSPS) is 34.8. The first-order chi connectivity index (χ1) is 12.7. The van der Waals surface area contributed by atoms with Crippen LogP contribution >= 0.6 is 0 Å². The molecule has 4 rings (SSSR count). The van der Waals surface area contributed by atoms with Gasteiger partial charge < -0.3 is 4.90 Å². The number of hydrogen-bond donors (Lipinski definition) is 0. The second-order valence-corrected chi connectivity index (χ2v) is 9.04. The first-order valence-corrected chi connectivity index (χ1v) is 9.81. The molecule has 1 heterocycles. The van der Waals surface area contributed by atoms with Crippen LogP contribution in [0, 0.1) is 39.2 Å². The average Bonchev–Trinajstić information content (AvgIpc) is 3.06. The Bertz CT molecular complexity index is 803. The standard InChI is InChI=1S/C21H26N2O4/c1-12(2)14-8-17-18(24)10-15-11-22(19(9-14)21(15,17)3)20(25)13-4-6-16(7-5-13)23(26)27/h4-7,12,14-15,17,19H,8-11H2,1-3H3/t14-,15+,17+,19+,21-/m0/s1. The van der Waals surface area contributed by atoms with E-state index in [9.17, 15) is 19.7 Å². The smallest absolute Gasteiger partial charge is 0.269 e. The summed E-state index contributed by atoms with van der Waals surface area (Å²) >= 11 is 0. The maximum atomic E-state index is 13.2. The SMILES string of the molecule is CC(C)[C@H]1C[C@@H]2C(=O)C[C@@H]3CN(C(=O)c4ccc([N+](=O)[O-])cc4)[C@H](C1)[C@@]32C. The van der Waals surface area contributed by atoms with Gasteiger partial charge in [-0.2, -0.15) is 0 Å². The van der Waals surface area contributed by atoms with Gasteiger partial charge in [0.25, 0.3) is 11.6 Å². The summed E-state index contributed by atoms with van der Waals surface area (Å²) in [5.74, 6) is 1.53. The molecule has 3 fully saturated rings. The molecule has 27 heavy (non-hydrogen) atoms. The Morgan fingerprint density at radius 3 is 2.52 bits per heavy atom. The number of likely N-dealkylation sites (tertiary alicyclic amines) is 1. The number of nitro benzene ring substituents is 1. The summed E-state index contributed by atoms with van der Waals surface area (Å²) in [4.78, 5) is 38.2. The summed E-state index contributed by atoms with van der Waals surface area (Å²) in [7, 11) is 0. The average molecular weight is 370 g/mol. The Kier molecular flexibility index (Phi) is 4.13. The van der Waals surface area contributed by atoms with Crippen LogP contribution in [0.1, 0.15) is 50.4 Å². The van der Waals surface area contributed by atoms with Crippen molar-refractivity contribution < 1.29 is 14.5 Å². The van der Waals surface area contributed by atoms with E-state index < -0.39 is 4.92 Å². The van der Waals surface area contributed by atoms with Gasteiger partial charge >= 0.3 is 0 Å². The van der Waals surface area contributed by atoms with Gasteiger partial charge in [0.05, 0.1) is 4.92 Å². The summed E-state index contributed by atoms with van der Waals surface area (Å²) in [5, 5.41) is 10.9. The Balaban J connectivity index is 1.65. The number of nitrogens with zero attached hydrogens (tertiary/aromatic N) is 2. The third kappa shape index (κ3) is 2.60. The van der Waals surface area contributed by atoms with Crippen LogP contribution in [-0.4, -0.2) is 34.1 Å². The minimum Gasteiger partial charge on any atom is -0.335 e. The Labute approximate surface area is 159 Å². The van der Waals surface area contributed by atoms with E-state index >= 15 is 0 Å². The van der Waals surface area contributed by atoms with Crippen LogP contribution < -0.4 is 0 Å². The fraction of sp³-hybridized carbons (Fsp3) is 0.619. The largest absolute Gasteiger partial charge is 0.335 e. The number of non-ortho nitro benzene ring substituents is 1. The third-order valence-electron chi connectivity index (χ3n) is 7.57. The first-order valence-electron chi connectivity index (χ1n) is 9.81. The monoisotopic (exact) mass is 370 g/mol. The van der Waals surface area contributed by atoms with Crippen LogP contribution in [0.3, 0.4) is 0 Å². The van der Waals surface area contributed by atoms with E-state index in [1.807, 2.05) is 4.90 Å². The van der Waals surface area contributed by atoms with Gasteiger partial charge in [-0.25, -0.2) is 0 Å². The molecule has 2 aliphatic carbocycles. The zero-order chi connectivity index (χ0) is 19.5. The molecular formula is C21H26N2O4. The van der Waals surface area contributed by atoms with Crippen LogP contribution in [-0.2, 0) is 4.79 Å². The minimum absolute atomic E-state index is 0.0139. The molecule has 0 spiro atoms.